The Bertz CT molecular complexity index is 306. The van der Waals surface area contributed by atoms with E-state index in [2.05, 4.69) is 16.7 Å². The zero-order valence-corrected chi connectivity index (χ0v) is 14.0. The summed E-state index contributed by atoms with van der Waals surface area (Å²) in [4.78, 5) is 5.44. The van der Waals surface area contributed by atoms with Gasteiger partial charge in [-0.3, -0.25) is 4.90 Å². The number of likely N-dealkylation sites (tertiary alicyclic amines) is 2. The first kappa shape index (κ1) is 15.8. The molecule has 2 heterocycles. The van der Waals surface area contributed by atoms with Crippen LogP contribution in [0, 0.1) is 11.8 Å². The molecule has 2 aliphatic heterocycles. The average molecular weight is 293 g/mol. The van der Waals surface area contributed by atoms with Crippen LogP contribution in [0.1, 0.15) is 58.3 Å². The zero-order chi connectivity index (χ0) is 14.7. The summed E-state index contributed by atoms with van der Waals surface area (Å²) in [5.74, 6) is 1.87. The van der Waals surface area contributed by atoms with Crippen LogP contribution >= 0.6 is 0 Å². The van der Waals surface area contributed by atoms with Crippen molar-refractivity contribution in [2.45, 2.75) is 70.4 Å². The number of nitrogens with two attached hydrogens (primary N) is 1. The van der Waals surface area contributed by atoms with Crippen molar-refractivity contribution in [1.29, 1.82) is 0 Å². The summed E-state index contributed by atoms with van der Waals surface area (Å²) in [6.07, 6.45) is 11.0. The Kier molecular flexibility index (Phi) is 5.58. The van der Waals surface area contributed by atoms with Gasteiger partial charge < -0.3 is 10.6 Å². The van der Waals surface area contributed by atoms with Gasteiger partial charge in [0.15, 0.2) is 0 Å². The van der Waals surface area contributed by atoms with Gasteiger partial charge >= 0.3 is 0 Å². The molecule has 1 saturated carbocycles. The molecule has 3 aliphatic rings. The molecule has 2 saturated heterocycles. The fraction of sp³-hybridized carbons (Fsp3) is 1.00. The highest BCUT2D eigenvalue weighted by Gasteiger charge is 2.34. The molecule has 0 aromatic rings. The lowest BCUT2D eigenvalue weighted by Gasteiger charge is -2.44. The predicted molar refractivity (Wildman–Crippen MR) is 89.4 cm³/mol. The van der Waals surface area contributed by atoms with E-state index in [4.69, 9.17) is 5.73 Å². The standard InChI is InChI=1S/C18H35N3/c1-2-15-5-6-17(19)18(13-15)21-11-7-16(8-12-21)14-20-9-3-4-10-20/h15-18H,2-14,19H2,1H3. The highest BCUT2D eigenvalue weighted by Crippen LogP contribution is 2.31. The highest BCUT2D eigenvalue weighted by atomic mass is 15.2. The molecule has 0 aromatic carbocycles. The largest absolute Gasteiger partial charge is 0.326 e. The number of hydrogen-bond acceptors (Lipinski definition) is 3. The Morgan fingerprint density at radius 2 is 1.62 bits per heavy atom. The maximum Gasteiger partial charge on any atom is 0.0249 e. The van der Waals surface area contributed by atoms with Gasteiger partial charge in [-0.2, -0.15) is 0 Å². The topological polar surface area (TPSA) is 32.5 Å². The fourth-order valence-corrected chi connectivity index (χ4v) is 4.84. The first-order chi connectivity index (χ1) is 10.3. The van der Waals surface area contributed by atoms with Crippen molar-refractivity contribution in [3.63, 3.8) is 0 Å². The van der Waals surface area contributed by atoms with E-state index in [1.165, 1.54) is 84.1 Å². The van der Waals surface area contributed by atoms with E-state index in [0.29, 0.717) is 12.1 Å². The summed E-state index contributed by atoms with van der Waals surface area (Å²) in [6.45, 7) is 9.02. The van der Waals surface area contributed by atoms with Gasteiger partial charge in [-0.15, -0.1) is 0 Å². The van der Waals surface area contributed by atoms with Crippen molar-refractivity contribution in [3.8, 4) is 0 Å². The molecular formula is C18H35N3. The minimum Gasteiger partial charge on any atom is -0.326 e. The van der Waals surface area contributed by atoms with E-state index < -0.39 is 0 Å². The summed E-state index contributed by atoms with van der Waals surface area (Å²) in [6, 6.07) is 1.11. The molecule has 1 aliphatic carbocycles. The molecular weight excluding hydrogens is 258 g/mol. The molecule has 122 valence electrons. The van der Waals surface area contributed by atoms with Crippen LogP contribution in [-0.2, 0) is 0 Å². The molecule has 3 rings (SSSR count). The molecule has 0 radical (unpaired) electrons. The molecule has 3 unspecified atom stereocenters. The summed E-state index contributed by atoms with van der Waals surface area (Å²) in [5.41, 5.74) is 6.44. The Morgan fingerprint density at radius 3 is 2.29 bits per heavy atom. The average Bonchev–Trinajstić information content (AvgIpc) is 3.02. The SMILES string of the molecule is CCC1CCC(N)C(N2CCC(CN3CCCC3)CC2)C1. The third-order valence-electron chi connectivity index (χ3n) is 6.39. The summed E-state index contributed by atoms with van der Waals surface area (Å²) in [5, 5.41) is 0. The van der Waals surface area contributed by atoms with E-state index in [1.54, 1.807) is 0 Å². The summed E-state index contributed by atoms with van der Waals surface area (Å²) in [7, 11) is 0. The molecule has 0 bridgehead atoms. The normalized spacial score (nSPS) is 37.1. The molecule has 3 atom stereocenters. The molecule has 0 aromatic heterocycles. The monoisotopic (exact) mass is 293 g/mol. The lowest BCUT2D eigenvalue weighted by Crippen LogP contribution is -2.53. The number of rotatable bonds is 4. The van der Waals surface area contributed by atoms with Crippen LogP contribution in [0.15, 0.2) is 0 Å². The van der Waals surface area contributed by atoms with Crippen molar-refractivity contribution >= 4 is 0 Å². The maximum absolute atomic E-state index is 6.44. The van der Waals surface area contributed by atoms with Crippen LogP contribution in [0.25, 0.3) is 0 Å². The number of hydrogen-bond donors (Lipinski definition) is 1. The first-order valence-corrected chi connectivity index (χ1v) is 9.48. The summed E-state index contributed by atoms with van der Waals surface area (Å²) >= 11 is 0. The van der Waals surface area contributed by atoms with E-state index in [0.717, 1.165) is 11.8 Å². The Hall–Kier alpha value is -0.120. The van der Waals surface area contributed by atoms with Crippen LogP contribution in [0.5, 0.6) is 0 Å². The van der Waals surface area contributed by atoms with Crippen molar-refractivity contribution in [1.82, 2.24) is 9.80 Å². The van der Waals surface area contributed by atoms with Gasteiger partial charge in [0.1, 0.15) is 0 Å². The van der Waals surface area contributed by atoms with Crippen molar-refractivity contribution in [2.75, 3.05) is 32.7 Å². The van der Waals surface area contributed by atoms with E-state index in [1.807, 2.05) is 0 Å². The van der Waals surface area contributed by atoms with Gasteiger partial charge in [0.25, 0.3) is 0 Å². The van der Waals surface area contributed by atoms with Crippen LogP contribution < -0.4 is 5.73 Å². The third kappa shape index (κ3) is 4.00. The zero-order valence-electron chi connectivity index (χ0n) is 14.0. The van der Waals surface area contributed by atoms with Crippen molar-refractivity contribution in [2.24, 2.45) is 17.6 Å². The Balaban J connectivity index is 1.45. The van der Waals surface area contributed by atoms with Crippen LogP contribution in [0.3, 0.4) is 0 Å². The fourth-order valence-electron chi connectivity index (χ4n) is 4.84. The molecule has 3 nitrogen and oxygen atoms in total. The van der Waals surface area contributed by atoms with Gasteiger partial charge in [0.05, 0.1) is 0 Å². The highest BCUT2D eigenvalue weighted by molar-refractivity contribution is 4.91. The smallest absolute Gasteiger partial charge is 0.0249 e. The minimum absolute atomic E-state index is 0.433. The lowest BCUT2D eigenvalue weighted by molar-refractivity contribution is 0.0679. The second kappa shape index (κ2) is 7.43. The van der Waals surface area contributed by atoms with Crippen molar-refractivity contribution < 1.29 is 0 Å². The van der Waals surface area contributed by atoms with Crippen LogP contribution in [0.4, 0.5) is 0 Å². The Labute approximate surface area is 131 Å². The van der Waals surface area contributed by atoms with Crippen molar-refractivity contribution in [3.05, 3.63) is 0 Å². The second-order valence-corrected chi connectivity index (χ2v) is 7.81. The Morgan fingerprint density at radius 1 is 0.905 bits per heavy atom. The van der Waals surface area contributed by atoms with Gasteiger partial charge in [-0.1, -0.05) is 13.3 Å². The van der Waals surface area contributed by atoms with E-state index in [9.17, 15) is 0 Å². The van der Waals surface area contributed by atoms with E-state index in [-0.39, 0.29) is 0 Å². The predicted octanol–water partition coefficient (Wildman–Crippen LogP) is 2.70. The first-order valence-electron chi connectivity index (χ1n) is 9.48. The molecule has 21 heavy (non-hydrogen) atoms. The number of nitrogens with zero attached hydrogens (tertiary/aromatic N) is 2. The van der Waals surface area contributed by atoms with Crippen LogP contribution in [0.2, 0.25) is 0 Å². The van der Waals surface area contributed by atoms with E-state index >= 15 is 0 Å². The van der Waals surface area contributed by atoms with Gasteiger partial charge in [-0.05, 0) is 83.0 Å². The minimum atomic E-state index is 0.433. The maximum atomic E-state index is 6.44. The lowest BCUT2D eigenvalue weighted by atomic mass is 9.79. The molecule has 0 amide bonds. The van der Waals surface area contributed by atoms with Gasteiger partial charge in [0, 0.05) is 18.6 Å². The number of piperidine rings is 1. The molecule has 0 spiro atoms. The third-order valence-corrected chi connectivity index (χ3v) is 6.39. The quantitative estimate of drug-likeness (QED) is 0.865. The second-order valence-electron chi connectivity index (χ2n) is 7.81. The molecule has 3 heteroatoms. The summed E-state index contributed by atoms with van der Waals surface area (Å²) < 4.78 is 0. The van der Waals surface area contributed by atoms with Gasteiger partial charge in [0.2, 0.25) is 0 Å². The van der Waals surface area contributed by atoms with Gasteiger partial charge in [-0.25, -0.2) is 0 Å². The molecule has 3 fully saturated rings. The molecule has 2 N–H and O–H groups in total. The van der Waals surface area contributed by atoms with Crippen LogP contribution in [-0.4, -0.2) is 54.6 Å².